The molecule has 0 saturated carbocycles. The van der Waals surface area contributed by atoms with Crippen LogP contribution >= 0.6 is 0 Å². The zero-order valence-electron chi connectivity index (χ0n) is 10.2. The van der Waals surface area contributed by atoms with Gasteiger partial charge in [-0.15, -0.1) is 0 Å². The van der Waals surface area contributed by atoms with Crippen LogP contribution in [0, 0.1) is 5.92 Å². The average molecular weight is 252 g/mol. The van der Waals surface area contributed by atoms with E-state index in [1.807, 2.05) is 13.8 Å². The summed E-state index contributed by atoms with van der Waals surface area (Å²) in [5, 5.41) is 23.2. The highest BCUT2D eigenvalue weighted by molar-refractivity contribution is 5.95. The molecule has 0 unspecified atom stereocenters. The Morgan fingerprint density at radius 2 is 2.00 bits per heavy atom. The first-order valence-corrected chi connectivity index (χ1v) is 5.51. The average Bonchev–Trinajstić information content (AvgIpc) is 2.28. The highest BCUT2D eigenvalue weighted by Gasteiger charge is 2.11. The molecule has 98 valence electrons. The summed E-state index contributed by atoms with van der Waals surface area (Å²) < 4.78 is 0. The summed E-state index contributed by atoms with van der Waals surface area (Å²) in [4.78, 5) is 22.2. The van der Waals surface area contributed by atoms with Gasteiger partial charge < -0.3 is 20.8 Å². The van der Waals surface area contributed by atoms with Crippen molar-refractivity contribution < 1.29 is 19.8 Å². The van der Waals surface area contributed by atoms with E-state index in [1.54, 1.807) is 0 Å². The number of aromatic hydroxyl groups is 1. The summed E-state index contributed by atoms with van der Waals surface area (Å²) in [6, 6.07) is 3.44. The van der Waals surface area contributed by atoms with E-state index in [4.69, 9.17) is 5.11 Å². The molecule has 0 fully saturated rings. The van der Waals surface area contributed by atoms with E-state index < -0.39 is 12.0 Å². The lowest BCUT2D eigenvalue weighted by molar-refractivity contribution is 0.0693. The van der Waals surface area contributed by atoms with Gasteiger partial charge in [0.2, 0.25) is 0 Å². The highest BCUT2D eigenvalue weighted by Crippen LogP contribution is 2.21. The number of phenols is 1. The first kappa shape index (κ1) is 13.8. The van der Waals surface area contributed by atoms with Crippen LogP contribution in [-0.2, 0) is 0 Å². The number of carboxylic acids is 1. The Hall–Kier alpha value is -2.24. The van der Waals surface area contributed by atoms with Gasteiger partial charge in [-0.2, -0.15) is 0 Å². The number of aromatic carboxylic acids is 1. The lowest BCUT2D eigenvalue weighted by Gasteiger charge is -2.10. The molecule has 0 radical (unpaired) electrons. The molecule has 0 atom stereocenters. The first-order valence-electron chi connectivity index (χ1n) is 5.51. The van der Waals surface area contributed by atoms with Crippen molar-refractivity contribution in [2.45, 2.75) is 13.8 Å². The monoisotopic (exact) mass is 252 g/mol. The number of nitrogens with one attached hydrogen (secondary N) is 2. The second-order valence-electron chi connectivity index (χ2n) is 4.27. The van der Waals surface area contributed by atoms with Crippen molar-refractivity contribution in [3.63, 3.8) is 0 Å². The number of carbonyl (C=O) groups is 2. The number of anilines is 1. The van der Waals surface area contributed by atoms with E-state index in [9.17, 15) is 14.7 Å². The zero-order valence-corrected chi connectivity index (χ0v) is 10.2. The number of amides is 2. The van der Waals surface area contributed by atoms with Gasteiger partial charge in [-0.05, 0) is 24.1 Å². The van der Waals surface area contributed by atoms with Gasteiger partial charge >= 0.3 is 12.0 Å². The van der Waals surface area contributed by atoms with Crippen molar-refractivity contribution in [1.82, 2.24) is 5.32 Å². The van der Waals surface area contributed by atoms with Crippen LogP contribution in [0.5, 0.6) is 5.75 Å². The summed E-state index contributed by atoms with van der Waals surface area (Å²) in [6.07, 6.45) is 0. The first-order chi connectivity index (χ1) is 8.40. The molecule has 1 rings (SSSR count). The minimum absolute atomic E-state index is 0.253. The quantitative estimate of drug-likeness (QED) is 0.615. The third-order valence-electron chi connectivity index (χ3n) is 2.16. The molecule has 0 heterocycles. The van der Waals surface area contributed by atoms with E-state index in [-0.39, 0.29) is 11.3 Å². The molecule has 2 amide bonds. The molecule has 4 N–H and O–H groups in total. The Morgan fingerprint density at radius 3 is 2.56 bits per heavy atom. The van der Waals surface area contributed by atoms with Gasteiger partial charge in [0, 0.05) is 12.2 Å². The Labute approximate surface area is 105 Å². The van der Waals surface area contributed by atoms with Crippen LogP contribution in [-0.4, -0.2) is 28.8 Å². The Bertz CT molecular complexity index is 457. The van der Waals surface area contributed by atoms with Crippen molar-refractivity contribution in [2.24, 2.45) is 5.92 Å². The molecule has 0 aliphatic rings. The van der Waals surface area contributed by atoms with Gasteiger partial charge in [0.25, 0.3) is 0 Å². The van der Waals surface area contributed by atoms with Gasteiger partial charge in [-0.25, -0.2) is 9.59 Å². The van der Waals surface area contributed by atoms with Crippen LogP contribution in [0.1, 0.15) is 24.2 Å². The molecular weight excluding hydrogens is 236 g/mol. The minimum Gasteiger partial charge on any atom is -0.507 e. The van der Waals surface area contributed by atoms with Crippen LogP contribution < -0.4 is 10.6 Å². The fraction of sp³-hybridized carbons (Fsp3) is 0.333. The maximum atomic E-state index is 11.5. The predicted molar refractivity (Wildman–Crippen MR) is 66.9 cm³/mol. The van der Waals surface area contributed by atoms with Crippen molar-refractivity contribution in [3.8, 4) is 5.75 Å². The lowest BCUT2D eigenvalue weighted by Crippen LogP contribution is -2.31. The number of hydrogen-bond acceptors (Lipinski definition) is 3. The molecule has 6 heteroatoms. The standard InChI is InChI=1S/C12H16N2O4/c1-7(2)6-13-12(18)14-8-3-4-10(15)9(5-8)11(16)17/h3-5,7,15H,6H2,1-2H3,(H,16,17)(H2,13,14,18). The second kappa shape index (κ2) is 5.90. The predicted octanol–water partition coefficient (Wildman–Crippen LogP) is 1.87. The SMILES string of the molecule is CC(C)CNC(=O)Nc1ccc(O)c(C(=O)O)c1. The largest absolute Gasteiger partial charge is 0.507 e. The van der Waals surface area contributed by atoms with Crippen LogP contribution in [0.25, 0.3) is 0 Å². The van der Waals surface area contributed by atoms with E-state index in [2.05, 4.69) is 10.6 Å². The number of carboxylic acid groups (broad SMARTS) is 1. The zero-order chi connectivity index (χ0) is 13.7. The minimum atomic E-state index is -1.25. The van der Waals surface area contributed by atoms with E-state index in [0.717, 1.165) is 0 Å². The normalized spacial score (nSPS) is 10.2. The van der Waals surface area contributed by atoms with Gasteiger partial charge in [0.15, 0.2) is 0 Å². The van der Waals surface area contributed by atoms with Crippen LogP contribution in [0.3, 0.4) is 0 Å². The van der Waals surface area contributed by atoms with Crippen LogP contribution in [0.15, 0.2) is 18.2 Å². The molecule has 6 nitrogen and oxygen atoms in total. The van der Waals surface area contributed by atoms with Gasteiger partial charge in [-0.1, -0.05) is 13.8 Å². The van der Waals surface area contributed by atoms with Crippen molar-refractivity contribution in [3.05, 3.63) is 23.8 Å². The number of carbonyl (C=O) groups excluding carboxylic acids is 1. The molecule has 0 bridgehead atoms. The number of benzene rings is 1. The van der Waals surface area contributed by atoms with E-state index in [1.165, 1.54) is 18.2 Å². The highest BCUT2D eigenvalue weighted by atomic mass is 16.4. The van der Waals surface area contributed by atoms with Crippen molar-refractivity contribution in [2.75, 3.05) is 11.9 Å². The molecule has 18 heavy (non-hydrogen) atoms. The lowest BCUT2D eigenvalue weighted by atomic mass is 10.2. The van der Waals surface area contributed by atoms with E-state index in [0.29, 0.717) is 18.2 Å². The molecule has 0 aliphatic heterocycles. The maximum Gasteiger partial charge on any atom is 0.339 e. The van der Waals surface area contributed by atoms with Gasteiger partial charge in [0.05, 0.1) is 0 Å². The molecule has 0 aromatic heterocycles. The summed E-state index contributed by atoms with van der Waals surface area (Å²) in [7, 11) is 0. The second-order valence-corrected chi connectivity index (χ2v) is 4.27. The fourth-order valence-corrected chi connectivity index (χ4v) is 1.26. The molecule has 0 spiro atoms. The Morgan fingerprint density at radius 1 is 1.33 bits per heavy atom. The molecular formula is C12H16N2O4. The molecule has 0 aliphatic carbocycles. The summed E-state index contributed by atoms with van der Waals surface area (Å²) in [5.41, 5.74) is 0.0584. The number of urea groups is 1. The molecule has 0 saturated heterocycles. The summed E-state index contributed by atoms with van der Waals surface area (Å²) in [6.45, 7) is 4.45. The maximum absolute atomic E-state index is 11.5. The van der Waals surface area contributed by atoms with Crippen molar-refractivity contribution >= 4 is 17.7 Å². The summed E-state index contributed by atoms with van der Waals surface area (Å²) >= 11 is 0. The third kappa shape index (κ3) is 3.97. The number of hydrogen-bond donors (Lipinski definition) is 4. The number of rotatable bonds is 4. The van der Waals surface area contributed by atoms with Gasteiger partial charge in [-0.3, -0.25) is 0 Å². The third-order valence-corrected chi connectivity index (χ3v) is 2.16. The Balaban J connectivity index is 2.70. The van der Waals surface area contributed by atoms with Crippen LogP contribution in [0.2, 0.25) is 0 Å². The van der Waals surface area contributed by atoms with E-state index >= 15 is 0 Å². The van der Waals surface area contributed by atoms with Crippen LogP contribution in [0.4, 0.5) is 10.5 Å². The van der Waals surface area contributed by atoms with Crippen molar-refractivity contribution in [1.29, 1.82) is 0 Å². The van der Waals surface area contributed by atoms with Gasteiger partial charge in [0.1, 0.15) is 11.3 Å². The topological polar surface area (TPSA) is 98.7 Å². The smallest absolute Gasteiger partial charge is 0.339 e. The molecule has 1 aromatic carbocycles. The molecule has 1 aromatic rings. The fourth-order valence-electron chi connectivity index (χ4n) is 1.26. The summed E-state index contributed by atoms with van der Waals surface area (Å²) in [5.74, 6) is -1.26. The Kier molecular flexibility index (Phi) is 4.53.